The lowest BCUT2D eigenvalue weighted by atomic mass is 10.0. The molecule has 0 aliphatic rings. The number of hydrogen-bond acceptors (Lipinski definition) is 4. The van der Waals surface area contributed by atoms with Crippen LogP contribution in [0.2, 0.25) is 0 Å². The minimum absolute atomic E-state index is 0.00388. The van der Waals surface area contributed by atoms with Crippen LogP contribution in [0.3, 0.4) is 0 Å². The van der Waals surface area contributed by atoms with Gasteiger partial charge in [0.1, 0.15) is 0 Å². The number of nitrogens with one attached hydrogen (secondary N) is 3. The summed E-state index contributed by atoms with van der Waals surface area (Å²) in [5.41, 5.74) is 0. The maximum Gasteiger partial charge on any atom is 0.315 e. The Morgan fingerprint density at radius 1 is 1.14 bits per heavy atom. The molecule has 0 fully saturated rings. The number of amides is 3. The van der Waals surface area contributed by atoms with Crippen LogP contribution in [0.25, 0.3) is 0 Å². The third kappa shape index (κ3) is 10.6. The minimum Gasteiger partial charge on any atom is -0.481 e. The number of rotatable bonds is 10. The maximum absolute atomic E-state index is 11.6. The topological polar surface area (TPSA) is 117 Å². The van der Waals surface area contributed by atoms with E-state index < -0.39 is 18.0 Å². The lowest BCUT2D eigenvalue weighted by Gasteiger charge is -2.20. The lowest BCUT2D eigenvalue weighted by molar-refractivity contribution is -0.137. The summed E-state index contributed by atoms with van der Waals surface area (Å²) in [6, 6.07) is -0.919. The van der Waals surface area contributed by atoms with Crippen molar-refractivity contribution in [3.63, 3.8) is 0 Å². The molecule has 8 nitrogen and oxygen atoms in total. The summed E-state index contributed by atoms with van der Waals surface area (Å²) in [5, 5.41) is 16.5. The van der Waals surface area contributed by atoms with Crippen LogP contribution in [0, 0.1) is 5.92 Å². The Bertz CT molecular complexity index is 347. The van der Waals surface area contributed by atoms with Crippen molar-refractivity contribution in [1.82, 2.24) is 16.0 Å². The van der Waals surface area contributed by atoms with Gasteiger partial charge < -0.3 is 25.8 Å². The number of carboxylic acid groups (broad SMARTS) is 1. The van der Waals surface area contributed by atoms with E-state index in [0.717, 1.165) is 0 Å². The number of carbonyl (C=O) groups is 3. The maximum atomic E-state index is 11.6. The number of carbonyl (C=O) groups excluding carboxylic acids is 2. The van der Waals surface area contributed by atoms with Crippen molar-refractivity contribution in [3.8, 4) is 0 Å². The smallest absolute Gasteiger partial charge is 0.315 e. The second-order valence-electron chi connectivity index (χ2n) is 4.94. The van der Waals surface area contributed by atoms with Gasteiger partial charge in [-0.1, -0.05) is 13.8 Å². The largest absolute Gasteiger partial charge is 0.481 e. The van der Waals surface area contributed by atoms with Crippen molar-refractivity contribution >= 4 is 17.9 Å². The molecule has 122 valence electrons. The van der Waals surface area contributed by atoms with Crippen LogP contribution in [0.15, 0.2) is 0 Å². The van der Waals surface area contributed by atoms with Gasteiger partial charge in [-0.2, -0.15) is 0 Å². The van der Waals surface area contributed by atoms with E-state index in [2.05, 4.69) is 16.0 Å². The van der Waals surface area contributed by atoms with E-state index in [1.165, 1.54) is 0 Å². The molecule has 3 amide bonds. The van der Waals surface area contributed by atoms with Crippen molar-refractivity contribution in [2.45, 2.75) is 32.7 Å². The normalized spacial score (nSPS) is 11.8. The molecule has 0 radical (unpaired) electrons. The standard InChI is InChI=1S/C13H25N3O5/c1-9(2)10(8-12(18)19)16-13(20)15-5-4-11(17)14-6-7-21-3/h9-10H,4-8H2,1-3H3,(H,14,17)(H,18,19)(H2,15,16,20). The SMILES string of the molecule is COCCNC(=O)CCNC(=O)NC(CC(=O)O)C(C)C. The zero-order chi connectivity index (χ0) is 16.3. The number of ether oxygens (including phenoxy) is 1. The molecule has 0 aliphatic carbocycles. The molecule has 0 saturated carbocycles. The quantitative estimate of drug-likeness (QED) is 0.422. The van der Waals surface area contributed by atoms with Gasteiger partial charge in [-0.25, -0.2) is 4.79 Å². The van der Waals surface area contributed by atoms with Crippen LogP contribution in [-0.4, -0.2) is 55.9 Å². The Morgan fingerprint density at radius 3 is 2.33 bits per heavy atom. The van der Waals surface area contributed by atoms with Gasteiger partial charge >= 0.3 is 12.0 Å². The predicted molar refractivity (Wildman–Crippen MR) is 76.9 cm³/mol. The summed E-state index contributed by atoms with van der Waals surface area (Å²) >= 11 is 0. The van der Waals surface area contributed by atoms with E-state index in [0.29, 0.717) is 13.2 Å². The fourth-order valence-electron chi connectivity index (χ4n) is 1.53. The van der Waals surface area contributed by atoms with E-state index in [9.17, 15) is 14.4 Å². The number of methoxy groups -OCH3 is 1. The van der Waals surface area contributed by atoms with Gasteiger partial charge in [0, 0.05) is 32.7 Å². The van der Waals surface area contributed by atoms with Crippen LogP contribution in [0.4, 0.5) is 4.79 Å². The summed E-state index contributed by atoms with van der Waals surface area (Å²) in [6.45, 7) is 4.71. The average Bonchev–Trinajstić information content (AvgIpc) is 2.37. The number of aliphatic carboxylic acids is 1. The van der Waals surface area contributed by atoms with Crippen molar-refractivity contribution in [1.29, 1.82) is 0 Å². The highest BCUT2D eigenvalue weighted by molar-refractivity contribution is 5.78. The molecule has 0 aliphatic heterocycles. The first-order chi connectivity index (χ1) is 9.86. The van der Waals surface area contributed by atoms with Gasteiger partial charge in [-0.15, -0.1) is 0 Å². The Balaban J connectivity index is 3.92. The van der Waals surface area contributed by atoms with Crippen LogP contribution in [0.5, 0.6) is 0 Å². The summed E-state index contributed by atoms with van der Waals surface area (Å²) in [4.78, 5) is 33.7. The van der Waals surface area contributed by atoms with E-state index in [1.807, 2.05) is 13.8 Å². The Hall–Kier alpha value is -1.83. The molecular weight excluding hydrogens is 278 g/mol. The van der Waals surface area contributed by atoms with Crippen molar-refractivity contribution in [2.75, 3.05) is 26.8 Å². The van der Waals surface area contributed by atoms with E-state index in [-0.39, 0.29) is 31.2 Å². The molecular formula is C13H25N3O5. The summed E-state index contributed by atoms with van der Waals surface area (Å²) in [5.74, 6) is -1.14. The van der Waals surface area contributed by atoms with Crippen molar-refractivity contribution < 1.29 is 24.2 Å². The van der Waals surface area contributed by atoms with Gasteiger partial charge in [0.05, 0.1) is 13.0 Å². The molecule has 4 N–H and O–H groups in total. The molecule has 0 aromatic heterocycles. The monoisotopic (exact) mass is 303 g/mol. The zero-order valence-electron chi connectivity index (χ0n) is 12.8. The Labute approximate surface area is 124 Å². The molecule has 1 unspecified atom stereocenters. The number of carboxylic acids is 1. The summed E-state index contributed by atoms with van der Waals surface area (Å²) in [6.07, 6.45) is 0.0188. The fraction of sp³-hybridized carbons (Fsp3) is 0.769. The van der Waals surface area contributed by atoms with E-state index in [1.54, 1.807) is 7.11 Å². The predicted octanol–water partition coefficient (Wildman–Crippen LogP) is -0.0624. The molecule has 0 rings (SSSR count). The summed E-state index contributed by atoms with van der Waals surface area (Å²) < 4.78 is 4.79. The third-order valence-electron chi connectivity index (χ3n) is 2.78. The van der Waals surface area contributed by atoms with E-state index in [4.69, 9.17) is 9.84 Å². The van der Waals surface area contributed by atoms with E-state index >= 15 is 0 Å². The van der Waals surface area contributed by atoms with Crippen LogP contribution in [-0.2, 0) is 14.3 Å². The second kappa shape index (κ2) is 10.9. The van der Waals surface area contributed by atoms with Crippen LogP contribution < -0.4 is 16.0 Å². The molecule has 8 heteroatoms. The lowest BCUT2D eigenvalue weighted by Crippen LogP contribution is -2.46. The second-order valence-corrected chi connectivity index (χ2v) is 4.94. The van der Waals surface area contributed by atoms with Gasteiger partial charge in [0.15, 0.2) is 0 Å². The molecule has 0 aromatic rings. The summed E-state index contributed by atoms with van der Waals surface area (Å²) in [7, 11) is 1.54. The zero-order valence-corrected chi connectivity index (χ0v) is 12.8. The Morgan fingerprint density at radius 2 is 1.81 bits per heavy atom. The van der Waals surface area contributed by atoms with Gasteiger partial charge in [-0.05, 0) is 5.92 Å². The Kier molecular flexibility index (Phi) is 9.95. The fourth-order valence-corrected chi connectivity index (χ4v) is 1.53. The molecule has 0 saturated heterocycles. The first-order valence-corrected chi connectivity index (χ1v) is 6.88. The minimum atomic E-state index is -0.966. The van der Waals surface area contributed by atoms with Crippen molar-refractivity contribution in [2.24, 2.45) is 5.92 Å². The highest BCUT2D eigenvalue weighted by Crippen LogP contribution is 2.05. The van der Waals surface area contributed by atoms with Gasteiger partial charge in [0.25, 0.3) is 0 Å². The highest BCUT2D eigenvalue weighted by Gasteiger charge is 2.19. The molecule has 0 heterocycles. The average molecular weight is 303 g/mol. The molecule has 0 aromatic carbocycles. The molecule has 21 heavy (non-hydrogen) atoms. The van der Waals surface area contributed by atoms with Gasteiger partial charge in [-0.3, -0.25) is 9.59 Å². The molecule has 0 spiro atoms. The van der Waals surface area contributed by atoms with Crippen molar-refractivity contribution in [3.05, 3.63) is 0 Å². The highest BCUT2D eigenvalue weighted by atomic mass is 16.5. The van der Waals surface area contributed by atoms with Gasteiger partial charge in [0.2, 0.25) is 5.91 Å². The first-order valence-electron chi connectivity index (χ1n) is 6.88. The number of hydrogen-bond donors (Lipinski definition) is 4. The first kappa shape index (κ1) is 19.2. The third-order valence-corrected chi connectivity index (χ3v) is 2.78. The molecule has 0 bridgehead atoms. The van der Waals surface area contributed by atoms with Crippen LogP contribution in [0.1, 0.15) is 26.7 Å². The number of urea groups is 1. The van der Waals surface area contributed by atoms with Crippen LogP contribution >= 0.6 is 0 Å². The molecule has 1 atom stereocenters.